The van der Waals surface area contributed by atoms with Gasteiger partial charge in [-0.2, -0.15) is 0 Å². The summed E-state index contributed by atoms with van der Waals surface area (Å²) in [6.07, 6.45) is 0.940. The zero-order chi connectivity index (χ0) is 31.7. The van der Waals surface area contributed by atoms with Crippen molar-refractivity contribution in [2.24, 2.45) is 28.6 Å². The summed E-state index contributed by atoms with van der Waals surface area (Å²) in [6, 6.07) is 0. The van der Waals surface area contributed by atoms with E-state index in [1.54, 1.807) is 20.8 Å². The van der Waals surface area contributed by atoms with Gasteiger partial charge in [-0.05, 0) is 50.7 Å². The first kappa shape index (κ1) is 19.7. The first-order valence-electron chi connectivity index (χ1n) is 15.3. The molecular weight excluding hydrogens is 467 g/mol. The molecule has 3 saturated carbocycles. The van der Waals surface area contributed by atoms with Crippen LogP contribution in [0.15, 0.2) is 23.8 Å². The van der Waals surface area contributed by atoms with E-state index in [1.807, 2.05) is 0 Å². The lowest BCUT2D eigenvalue weighted by Crippen LogP contribution is -2.70. The number of hydrogen-bond donors (Lipinski definition) is 1. The van der Waals surface area contributed by atoms with Crippen LogP contribution in [0, 0.1) is 28.6 Å². The summed E-state index contributed by atoms with van der Waals surface area (Å²) >= 11 is 0. The number of halogens is 1. The molecule has 4 rings (SSSR count). The Labute approximate surface area is 219 Å². The van der Waals surface area contributed by atoms with Gasteiger partial charge in [0.05, 0.1) is 6.10 Å². The molecule has 198 valence electrons. The zero-order valence-corrected chi connectivity index (χ0v) is 20.8. The topological polar surface area (TPSA) is 107 Å². The van der Waals surface area contributed by atoms with Crippen molar-refractivity contribution in [2.45, 2.75) is 90.4 Å². The van der Waals surface area contributed by atoms with Gasteiger partial charge in [0, 0.05) is 43.7 Å². The molecule has 8 heteroatoms. The van der Waals surface area contributed by atoms with E-state index in [9.17, 15) is 24.3 Å². The average Bonchev–Trinajstić information content (AvgIpc) is 3.03. The molecule has 0 spiro atoms. The first-order valence-corrected chi connectivity index (χ1v) is 12.3. The van der Waals surface area contributed by atoms with Crippen LogP contribution in [-0.2, 0) is 28.7 Å². The molecule has 0 aliphatic heterocycles. The minimum atomic E-state index is -2.72. The molecule has 0 aromatic carbocycles. The Morgan fingerprint density at radius 1 is 1.19 bits per heavy atom. The summed E-state index contributed by atoms with van der Waals surface area (Å²) in [5.74, 6) is -5.81. The van der Waals surface area contributed by atoms with E-state index in [0.29, 0.717) is 12.0 Å². The van der Waals surface area contributed by atoms with Crippen LogP contribution in [0.4, 0.5) is 4.39 Å². The van der Waals surface area contributed by atoms with Gasteiger partial charge in [0.15, 0.2) is 23.7 Å². The predicted molar refractivity (Wildman–Crippen MR) is 128 cm³/mol. The van der Waals surface area contributed by atoms with E-state index in [-0.39, 0.29) is 25.0 Å². The number of ether oxygens (including phenoxy) is 2. The number of allylic oxidation sites excluding steroid dienone is 4. The lowest BCUT2D eigenvalue weighted by molar-refractivity contribution is -0.228. The summed E-state index contributed by atoms with van der Waals surface area (Å²) in [4.78, 5) is 51.3. The molecule has 36 heavy (non-hydrogen) atoms. The second-order valence-corrected chi connectivity index (χ2v) is 11.0. The number of aliphatic hydroxyl groups excluding tert-OH is 1. The molecule has 3 fully saturated rings. The quantitative estimate of drug-likeness (QED) is 0.542. The van der Waals surface area contributed by atoms with Gasteiger partial charge in [0.25, 0.3) is 0 Å². The molecule has 0 saturated heterocycles. The van der Waals surface area contributed by atoms with Gasteiger partial charge in [0.2, 0.25) is 5.78 Å². The Morgan fingerprint density at radius 3 is 2.58 bits per heavy atom. The highest BCUT2D eigenvalue weighted by Gasteiger charge is 2.77. The van der Waals surface area contributed by atoms with E-state index >= 15 is 4.39 Å². The highest BCUT2D eigenvalue weighted by atomic mass is 19.1. The number of carbonyl (C=O) groups excluding carboxylic acids is 4. The summed E-state index contributed by atoms with van der Waals surface area (Å²) in [5, 5.41) is 11.6. The van der Waals surface area contributed by atoms with Crippen molar-refractivity contribution in [3.8, 4) is 0 Å². The van der Waals surface area contributed by atoms with Crippen LogP contribution in [0.25, 0.3) is 0 Å². The van der Waals surface area contributed by atoms with Gasteiger partial charge < -0.3 is 14.6 Å². The molecule has 0 unspecified atom stereocenters. The molecule has 0 amide bonds. The maximum atomic E-state index is 17.5. The Kier molecular flexibility index (Phi) is 4.87. The number of fused-ring (bicyclic) bond motifs is 5. The highest BCUT2D eigenvalue weighted by molar-refractivity contribution is 6.01. The maximum absolute atomic E-state index is 17.5. The second-order valence-electron chi connectivity index (χ2n) is 11.0. The fraction of sp³-hybridized carbons (Fsp3) is 0.714. The fourth-order valence-electron chi connectivity index (χ4n) is 7.92. The SMILES string of the molecule is [2H]C([2H])([2H])CC(=O)OCC(=O)[C@@]1(OC(=O)CC([2H])([2H])[2H])[C@@H](C)C[C@H]2[C@@H]3CCC4=CC(=O)C=C[C@]4(C)[C@@]3(F)[C@@H](O)C[C@@]21C. The zero-order valence-electron chi connectivity index (χ0n) is 26.8. The standard InChI is InChI=1S/C28H37FO7/c1-6-23(33)35-15-22(32)28(36-24(34)7-2)16(3)12-20-19-9-8-17-13-18(30)10-11-25(17,4)27(19,29)21(31)14-26(20,28)5/h10-11,13,16,19-21,31H,6-9,12,14-15H2,1-5H3/t16-,19-,20-,21-,25-,26-,27-,28-/m0/s1/i1D3,2D3. The summed E-state index contributed by atoms with van der Waals surface area (Å²) in [6.45, 7) is -1.49. The lowest BCUT2D eigenvalue weighted by Gasteiger charge is -2.62. The van der Waals surface area contributed by atoms with Crippen LogP contribution in [0.5, 0.6) is 0 Å². The molecule has 0 bridgehead atoms. The number of alkyl halides is 1. The Balaban J connectivity index is 1.76. The number of aliphatic hydroxyl groups is 1. The van der Waals surface area contributed by atoms with Crippen molar-refractivity contribution in [1.29, 1.82) is 0 Å². The number of ketones is 2. The third-order valence-corrected chi connectivity index (χ3v) is 9.52. The van der Waals surface area contributed by atoms with Gasteiger partial charge in [-0.3, -0.25) is 19.2 Å². The number of carbonyl (C=O) groups is 4. The van der Waals surface area contributed by atoms with Crippen molar-refractivity contribution in [1.82, 2.24) is 0 Å². The van der Waals surface area contributed by atoms with Gasteiger partial charge >= 0.3 is 11.9 Å². The van der Waals surface area contributed by atoms with Gasteiger partial charge in [-0.15, -0.1) is 0 Å². The predicted octanol–water partition coefficient (Wildman–Crippen LogP) is 3.82. The third-order valence-electron chi connectivity index (χ3n) is 9.52. The Hall–Kier alpha value is -2.35. The minimum absolute atomic E-state index is 0.174. The van der Waals surface area contributed by atoms with E-state index in [4.69, 9.17) is 17.7 Å². The smallest absolute Gasteiger partial charge is 0.306 e. The molecule has 0 radical (unpaired) electrons. The van der Waals surface area contributed by atoms with Gasteiger partial charge in [0.1, 0.15) is 0 Å². The Bertz CT molecular complexity index is 1240. The Morgan fingerprint density at radius 2 is 1.89 bits per heavy atom. The van der Waals surface area contributed by atoms with Crippen LogP contribution in [0.1, 0.15) is 81.2 Å². The van der Waals surface area contributed by atoms with Crippen molar-refractivity contribution in [3.63, 3.8) is 0 Å². The number of rotatable bonds is 6. The van der Waals surface area contributed by atoms with Crippen LogP contribution >= 0.6 is 0 Å². The van der Waals surface area contributed by atoms with E-state index < -0.39 is 96.8 Å². The van der Waals surface area contributed by atoms with E-state index in [1.165, 1.54) is 18.2 Å². The van der Waals surface area contributed by atoms with Crippen LogP contribution in [-0.4, -0.2) is 52.6 Å². The fourth-order valence-corrected chi connectivity index (χ4v) is 7.92. The summed E-state index contributed by atoms with van der Waals surface area (Å²) in [5.41, 5.74) is -6.47. The lowest BCUT2D eigenvalue weighted by atomic mass is 9.44. The van der Waals surface area contributed by atoms with Crippen LogP contribution in [0.2, 0.25) is 0 Å². The van der Waals surface area contributed by atoms with Crippen molar-refractivity contribution < 1.29 is 46.4 Å². The first-order chi connectivity index (χ1) is 19.1. The largest absolute Gasteiger partial charge is 0.457 e. The molecule has 1 N–H and O–H groups in total. The number of esters is 2. The minimum Gasteiger partial charge on any atom is -0.457 e. The number of hydrogen-bond acceptors (Lipinski definition) is 7. The van der Waals surface area contributed by atoms with E-state index in [2.05, 4.69) is 0 Å². The third kappa shape index (κ3) is 3.39. The van der Waals surface area contributed by atoms with Crippen LogP contribution in [0.3, 0.4) is 0 Å². The molecule has 4 aliphatic rings. The molecule has 0 aromatic heterocycles. The van der Waals surface area contributed by atoms with Crippen LogP contribution < -0.4 is 0 Å². The normalized spacial score (nSPS) is 46.2. The maximum Gasteiger partial charge on any atom is 0.306 e. The van der Waals surface area contributed by atoms with Gasteiger partial charge in [-0.25, -0.2) is 4.39 Å². The average molecular weight is 511 g/mol. The molecule has 8 atom stereocenters. The summed E-state index contributed by atoms with van der Waals surface area (Å²) in [7, 11) is 0. The molecule has 7 nitrogen and oxygen atoms in total. The van der Waals surface area contributed by atoms with E-state index in [0.717, 1.165) is 0 Å². The molecule has 4 aliphatic carbocycles. The molecular formula is C28H37FO7. The highest BCUT2D eigenvalue weighted by Crippen LogP contribution is 2.71. The summed E-state index contributed by atoms with van der Waals surface area (Å²) < 4.78 is 72.6. The second kappa shape index (κ2) is 8.89. The monoisotopic (exact) mass is 510 g/mol. The van der Waals surface area contributed by atoms with Crippen molar-refractivity contribution in [2.75, 3.05) is 6.61 Å². The van der Waals surface area contributed by atoms with Crippen molar-refractivity contribution in [3.05, 3.63) is 23.8 Å². The van der Waals surface area contributed by atoms with Gasteiger partial charge in [-0.1, -0.05) is 39.2 Å². The number of Topliss-reactive ketones (excluding diaryl/α,β-unsaturated/α-hetero) is 1. The molecule has 0 heterocycles. The van der Waals surface area contributed by atoms with Crippen molar-refractivity contribution >= 4 is 23.5 Å². The molecule has 0 aromatic rings.